The molecule has 4 aromatic rings. The van der Waals surface area contributed by atoms with Crippen LogP contribution in [-0.2, 0) is 15.8 Å². The van der Waals surface area contributed by atoms with Crippen LogP contribution in [0.15, 0.2) is 50.5 Å². The second-order valence-electron chi connectivity index (χ2n) is 8.54. The van der Waals surface area contributed by atoms with Crippen molar-refractivity contribution in [2.45, 2.75) is 38.7 Å². The summed E-state index contributed by atoms with van der Waals surface area (Å²) in [6.45, 7) is 11.2. The Kier molecular flexibility index (Phi) is 4.26. The molecule has 30 heavy (non-hydrogen) atoms. The third-order valence-corrected chi connectivity index (χ3v) is 5.86. The molecule has 2 aromatic heterocycles. The fourth-order valence-electron chi connectivity index (χ4n) is 3.55. The highest BCUT2D eigenvalue weighted by molar-refractivity contribution is 6.05. The molecule has 0 spiro atoms. The van der Waals surface area contributed by atoms with Crippen LogP contribution in [0, 0.1) is 0 Å². The van der Waals surface area contributed by atoms with Gasteiger partial charge in [-0.2, -0.15) is 0 Å². The summed E-state index contributed by atoms with van der Waals surface area (Å²) < 4.78 is 17.4. The zero-order chi connectivity index (χ0) is 22.0. The second kappa shape index (κ2) is 6.37. The summed E-state index contributed by atoms with van der Waals surface area (Å²) in [7, 11) is 1.59. The molecule has 0 aliphatic rings. The van der Waals surface area contributed by atoms with Crippen LogP contribution in [0.5, 0.6) is 11.5 Å². The highest BCUT2D eigenvalue weighted by Gasteiger charge is 2.28. The number of hydrogen-bond acceptors (Lipinski definition) is 6. The van der Waals surface area contributed by atoms with Crippen LogP contribution in [0.2, 0.25) is 0 Å². The smallest absolute Gasteiger partial charge is 0.204 e. The van der Waals surface area contributed by atoms with Crippen molar-refractivity contribution in [3.8, 4) is 11.5 Å². The number of fused-ring (bicyclic) bond motifs is 4. The molecule has 0 aliphatic heterocycles. The summed E-state index contributed by atoms with van der Waals surface area (Å²) in [4.78, 5) is 13.3. The van der Waals surface area contributed by atoms with Crippen LogP contribution >= 0.6 is 0 Å². The number of phenols is 2. The van der Waals surface area contributed by atoms with Crippen molar-refractivity contribution in [1.82, 2.24) is 0 Å². The minimum atomic E-state index is -0.673. The van der Waals surface area contributed by atoms with E-state index in [9.17, 15) is 15.0 Å². The lowest BCUT2D eigenvalue weighted by atomic mass is 9.83. The van der Waals surface area contributed by atoms with Gasteiger partial charge in [0.25, 0.3) is 0 Å². The predicted octanol–water partition coefficient (Wildman–Crippen LogP) is 5.45. The van der Waals surface area contributed by atoms with Gasteiger partial charge in [0.1, 0.15) is 22.5 Å². The van der Waals surface area contributed by atoms with E-state index in [4.69, 9.17) is 13.6 Å². The van der Waals surface area contributed by atoms with Crippen molar-refractivity contribution < 1.29 is 23.8 Å². The SMILES string of the molecule is C=CC(C)(C)c1cc(O)c2oc3c(ccc4cc(C(C)(C)OC)oc43)c(=O)c2c1O. The summed E-state index contributed by atoms with van der Waals surface area (Å²) in [5.41, 5.74) is -0.916. The molecular formula is C24H24O6. The maximum atomic E-state index is 13.3. The molecule has 2 aromatic carbocycles. The van der Waals surface area contributed by atoms with Crippen molar-refractivity contribution in [2.75, 3.05) is 7.11 Å². The molecule has 0 unspecified atom stereocenters. The third-order valence-electron chi connectivity index (χ3n) is 5.86. The van der Waals surface area contributed by atoms with Crippen molar-refractivity contribution in [3.05, 3.63) is 58.5 Å². The normalized spacial score (nSPS) is 12.8. The molecule has 156 valence electrons. The third kappa shape index (κ3) is 2.71. The molecule has 4 rings (SSSR count). The zero-order valence-corrected chi connectivity index (χ0v) is 17.6. The molecule has 0 radical (unpaired) electrons. The number of methoxy groups -OCH3 is 1. The molecule has 0 amide bonds. The second-order valence-corrected chi connectivity index (χ2v) is 8.54. The van der Waals surface area contributed by atoms with E-state index in [0.29, 0.717) is 16.9 Å². The Labute approximate surface area is 173 Å². The first-order valence-corrected chi connectivity index (χ1v) is 9.59. The topological polar surface area (TPSA) is 93.0 Å². The number of hydrogen-bond donors (Lipinski definition) is 2. The molecule has 0 atom stereocenters. The lowest BCUT2D eigenvalue weighted by Crippen LogP contribution is -2.18. The summed E-state index contributed by atoms with van der Waals surface area (Å²) in [6, 6.07) is 6.61. The predicted molar refractivity (Wildman–Crippen MR) is 116 cm³/mol. The van der Waals surface area contributed by atoms with E-state index in [1.807, 2.05) is 33.8 Å². The van der Waals surface area contributed by atoms with Crippen LogP contribution in [0.4, 0.5) is 0 Å². The Hall–Kier alpha value is -3.25. The monoisotopic (exact) mass is 408 g/mol. The van der Waals surface area contributed by atoms with E-state index < -0.39 is 16.4 Å². The first-order chi connectivity index (χ1) is 14.0. The van der Waals surface area contributed by atoms with Crippen molar-refractivity contribution in [3.63, 3.8) is 0 Å². The van der Waals surface area contributed by atoms with Crippen molar-refractivity contribution >= 4 is 32.9 Å². The van der Waals surface area contributed by atoms with E-state index in [1.54, 1.807) is 25.3 Å². The summed E-state index contributed by atoms with van der Waals surface area (Å²) in [5, 5.41) is 22.4. The van der Waals surface area contributed by atoms with Gasteiger partial charge in [0.2, 0.25) is 5.43 Å². The van der Waals surface area contributed by atoms with Crippen LogP contribution < -0.4 is 5.43 Å². The van der Waals surface area contributed by atoms with Gasteiger partial charge in [-0.15, -0.1) is 6.58 Å². The highest BCUT2D eigenvalue weighted by atomic mass is 16.5. The van der Waals surface area contributed by atoms with Gasteiger partial charge < -0.3 is 23.8 Å². The number of benzene rings is 2. The maximum absolute atomic E-state index is 13.3. The van der Waals surface area contributed by atoms with Crippen LogP contribution in [0.1, 0.15) is 39.0 Å². The number of aromatic hydroxyl groups is 2. The van der Waals surface area contributed by atoms with Crippen LogP contribution in [0.25, 0.3) is 32.9 Å². The Balaban J connectivity index is 2.14. The van der Waals surface area contributed by atoms with E-state index in [0.717, 1.165) is 5.39 Å². The summed E-state index contributed by atoms with van der Waals surface area (Å²) in [5.74, 6) is 0.0993. The minimum absolute atomic E-state index is 0.0734. The van der Waals surface area contributed by atoms with Gasteiger partial charge in [-0.3, -0.25) is 4.79 Å². The molecule has 0 bridgehead atoms. The van der Waals surface area contributed by atoms with E-state index in [2.05, 4.69) is 6.58 Å². The Morgan fingerprint density at radius 1 is 1.03 bits per heavy atom. The lowest BCUT2D eigenvalue weighted by Gasteiger charge is -2.22. The molecule has 6 nitrogen and oxygen atoms in total. The number of phenolic OH excluding ortho intramolecular Hbond substituents is 2. The lowest BCUT2D eigenvalue weighted by molar-refractivity contribution is 0.00215. The fourth-order valence-corrected chi connectivity index (χ4v) is 3.55. The Morgan fingerprint density at radius 2 is 1.73 bits per heavy atom. The minimum Gasteiger partial charge on any atom is -0.507 e. The average Bonchev–Trinajstić information content (AvgIpc) is 3.16. The number of furan rings is 1. The largest absolute Gasteiger partial charge is 0.507 e. The van der Waals surface area contributed by atoms with Crippen molar-refractivity contribution in [2.24, 2.45) is 0 Å². The van der Waals surface area contributed by atoms with Gasteiger partial charge >= 0.3 is 0 Å². The van der Waals surface area contributed by atoms with Gasteiger partial charge in [-0.05, 0) is 32.0 Å². The zero-order valence-electron chi connectivity index (χ0n) is 17.6. The number of rotatable bonds is 4. The van der Waals surface area contributed by atoms with Gasteiger partial charge in [0.05, 0.1) is 5.39 Å². The maximum Gasteiger partial charge on any atom is 0.204 e. The quantitative estimate of drug-likeness (QED) is 0.265. The van der Waals surface area contributed by atoms with Crippen LogP contribution in [0.3, 0.4) is 0 Å². The first kappa shape index (κ1) is 20.0. The Morgan fingerprint density at radius 3 is 2.37 bits per heavy atom. The number of ether oxygens (including phenoxy) is 1. The van der Waals surface area contributed by atoms with E-state index in [-0.39, 0.29) is 33.4 Å². The molecule has 6 heteroatoms. The standard InChI is InChI=1S/C24H24O6/c1-7-23(2,3)14-11-15(25)22-17(19(14)27)18(26)13-9-8-12-10-16(24(4,5)28-6)29-20(12)21(13)30-22/h7-11,25,27H,1H2,2-6H3. The summed E-state index contributed by atoms with van der Waals surface area (Å²) >= 11 is 0. The van der Waals surface area contributed by atoms with Gasteiger partial charge in [0.15, 0.2) is 22.5 Å². The molecule has 0 saturated heterocycles. The Bertz CT molecular complexity index is 1380. The molecule has 0 saturated carbocycles. The van der Waals surface area contributed by atoms with Gasteiger partial charge in [-0.25, -0.2) is 0 Å². The molecule has 2 heterocycles. The van der Waals surface area contributed by atoms with Crippen LogP contribution in [-0.4, -0.2) is 17.3 Å². The molecule has 0 fully saturated rings. The van der Waals surface area contributed by atoms with E-state index >= 15 is 0 Å². The van der Waals surface area contributed by atoms with Gasteiger partial charge in [-0.1, -0.05) is 26.0 Å². The molecule has 0 aliphatic carbocycles. The number of allylic oxidation sites excluding steroid dienone is 1. The summed E-state index contributed by atoms with van der Waals surface area (Å²) in [6.07, 6.45) is 1.64. The molecular weight excluding hydrogens is 384 g/mol. The highest BCUT2D eigenvalue weighted by Crippen LogP contribution is 2.42. The average molecular weight is 408 g/mol. The fraction of sp³-hybridized carbons (Fsp3) is 0.292. The van der Waals surface area contributed by atoms with Gasteiger partial charge in [0, 0.05) is 23.5 Å². The van der Waals surface area contributed by atoms with E-state index in [1.165, 1.54) is 6.07 Å². The van der Waals surface area contributed by atoms with Crippen molar-refractivity contribution in [1.29, 1.82) is 0 Å². The molecule has 2 N–H and O–H groups in total. The first-order valence-electron chi connectivity index (χ1n) is 9.59.